The van der Waals surface area contributed by atoms with Crippen LogP contribution in [0.25, 0.3) is 0 Å². The van der Waals surface area contributed by atoms with Crippen molar-refractivity contribution in [3.63, 3.8) is 0 Å². The Morgan fingerprint density at radius 3 is 1.36 bits per heavy atom. The molecular weight excluding hydrogens is 318 g/mol. The van der Waals surface area contributed by atoms with Gasteiger partial charge in [-0.15, -0.1) is 0 Å². The van der Waals surface area contributed by atoms with E-state index in [0.717, 1.165) is 14.2 Å². The van der Waals surface area contributed by atoms with Crippen molar-refractivity contribution in [3.05, 3.63) is 0 Å². The van der Waals surface area contributed by atoms with Crippen molar-refractivity contribution >= 4 is 5.78 Å². The molecule has 0 amide bonds. The summed E-state index contributed by atoms with van der Waals surface area (Å²) in [6.45, 7) is 0. The number of hydrogen-bond donors (Lipinski definition) is 0. The normalized spacial score (nSPS) is 15.6. The van der Waals surface area contributed by atoms with Gasteiger partial charge in [-0.05, 0) is 25.7 Å². The van der Waals surface area contributed by atoms with E-state index in [2.05, 4.69) is 9.47 Å². The Morgan fingerprint density at radius 1 is 0.818 bits per heavy atom. The van der Waals surface area contributed by atoms with E-state index in [1.165, 1.54) is 0 Å². The molecule has 0 aromatic rings. The summed E-state index contributed by atoms with van der Waals surface area (Å²) in [5.74, 6) is -0.367. The Kier molecular flexibility index (Phi) is 8.99. The number of carbonyl (C=O) groups is 1. The van der Waals surface area contributed by atoms with Gasteiger partial charge >= 0.3 is 12.4 Å². The number of ether oxygens (including phenoxy) is 2. The number of methoxy groups -OCH3 is 2. The molecule has 2 unspecified atom stereocenters. The van der Waals surface area contributed by atoms with Gasteiger partial charge in [-0.3, -0.25) is 4.79 Å². The standard InChI is InChI=1S/C13H20F6O3/c1-21-10(12(14,15)16)7-3-5-9(20)6-4-8-11(22-2)13(17,18)19/h10-11H,3-8H2,1-2H3. The van der Waals surface area contributed by atoms with Gasteiger partial charge in [0.25, 0.3) is 0 Å². The SMILES string of the molecule is COC(CCCC(=O)CCCC(OC)C(F)(F)F)C(F)(F)F. The Bertz CT molecular complexity index is 297. The molecule has 0 aliphatic carbocycles. The lowest BCUT2D eigenvalue weighted by atomic mass is 10.0. The van der Waals surface area contributed by atoms with Crippen LogP contribution in [-0.2, 0) is 14.3 Å². The molecule has 0 fully saturated rings. The molecule has 2 atom stereocenters. The molecule has 0 aliphatic heterocycles. The third-order valence-electron chi connectivity index (χ3n) is 3.14. The molecule has 0 radical (unpaired) electrons. The van der Waals surface area contributed by atoms with Crippen LogP contribution in [0.4, 0.5) is 26.3 Å². The van der Waals surface area contributed by atoms with Crippen LogP contribution in [0.5, 0.6) is 0 Å². The number of rotatable bonds is 10. The van der Waals surface area contributed by atoms with Gasteiger partial charge in [-0.1, -0.05) is 0 Å². The van der Waals surface area contributed by atoms with E-state index in [1.54, 1.807) is 0 Å². The van der Waals surface area contributed by atoms with Gasteiger partial charge in [0.2, 0.25) is 0 Å². The van der Waals surface area contributed by atoms with Crippen molar-refractivity contribution in [3.8, 4) is 0 Å². The molecule has 132 valence electrons. The molecule has 0 heterocycles. The number of carbonyl (C=O) groups excluding carboxylic acids is 1. The number of hydrogen-bond acceptors (Lipinski definition) is 3. The maximum absolute atomic E-state index is 12.4. The lowest BCUT2D eigenvalue weighted by molar-refractivity contribution is -0.214. The first-order valence-electron chi connectivity index (χ1n) is 6.73. The molecule has 9 heteroatoms. The van der Waals surface area contributed by atoms with Gasteiger partial charge in [0.1, 0.15) is 5.78 Å². The minimum Gasteiger partial charge on any atom is -0.372 e. The molecule has 0 rings (SSSR count). The van der Waals surface area contributed by atoms with E-state index < -0.39 is 24.6 Å². The smallest absolute Gasteiger partial charge is 0.372 e. The Balaban J connectivity index is 3.97. The summed E-state index contributed by atoms with van der Waals surface area (Å²) in [5.41, 5.74) is 0. The highest BCUT2D eigenvalue weighted by Gasteiger charge is 2.40. The second-order valence-electron chi connectivity index (χ2n) is 4.86. The average Bonchev–Trinajstić information content (AvgIpc) is 2.36. The third-order valence-corrected chi connectivity index (χ3v) is 3.14. The quantitative estimate of drug-likeness (QED) is 0.564. The molecule has 0 aromatic carbocycles. The molecule has 0 aliphatic rings. The van der Waals surface area contributed by atoms with E-state index in [9.17, 15) is 31.1 Å². The second kappa shape index (κ2) is 9.34. The molecule has 0 aromatic heterocycles. The highest BCUT2D eigenvalue weighted by Crippen LogP contribution is 2.27. The molecule has 3 nitrogen and oxygen atoms in total. The first-order valence-corrected chi connectivity index (χ1v) is 6.73. The minimum atomic E-state index is -4.49. The van der Waals surface area contributed by atoms with Crippen LogP contribution in [0, 0.1) is 0 Å². The van der Waals surface area contributed by atoms with Crippen LogP contribution in [0.15, 0.2) is 0 Å². The molecule has 0 saturated carbocycles. The predicted molar refractivity (Wildman–Crippen MR) is 66.4 cm³/mol. The Morgan fingerprint density at radius 2 is 1.14 bits per heavy atom. The van der Waals surface area contributed by atoms with Crippen molar-refractivity contribution in [1.29, 1.82) is 0 Å². The Hall–Kier alpha value is -0.830. The van der Waals surface area contributed by atoms with Gasteiger partial charge in [0.15, 0.2) is 12.2 Å². The fourth-order valence-corrected chi connectivity index (χ4v) is 1.92. The van der Waals surface area contributed by atoms with Crippen LogP contribution < -0.4 is 0 Å². The second-order valence-corrected chi connectivity index (χ2v) is 4.86. The van der Waals surface area contributed by atoms with Crippen molar-refractivity contribution in [2.75, 3.05) is 14.2 Å². The highest BCUT2D eigenvalue weighted by atomic mass is 19.4. The zero-order valence-corrected chi connectivity index (χ0v) is 12.4. The van der Waals surface area contributed by atoms with Crippen LogP contribution >= 0.6 is 0 Å². The zero-order chi connectivity index (χ0) is 17.4. The van der Waals surface area contributed by atoms with E-state index in [-0.39, 0.29) is 44.3 Å². The highest BCUT2D eigenvalue weighted by molar-refractivity contribution is 5.78. The topological polar surface area (TPSA) is 35.5 Å². The molecule has 22 heavy (non-hydrogen) atoms. The van der Waals surface area contributed by atoms with Gasteiger partial charge in [0, 0.05) is 27.1 Å². The third kappa shape index (κ3) is 8.57. The van der Waals surface area contributed by atoms with Gasteiger partial charge in [-0.2, -0.15) is 26.3 Å². The number of ketones is 1. The van der Waals surface area contributed by atoms with Crippen LogP contribution in [0.1, 0.15) is 38.5 Å². The van der Waals surface area contributed by atoms with Crippen LogP contribution in [0.3, 0.4) is 0 Å². The summed E-state index contributed by atoms with van der Waals surface area (Å²) in [6, 6.07) is 0. The molecule has 0 N–H and O–H groups in total. The molecule has 0 bridgehead atoms. The molecule has 0 spiro atoms. The van der Waals surface area contributed by atoms with Crippen molar-refractivity contribution in [2.45, 2.75) is 63.1 Å². The van der Waals surface area contributed by atoms with Crippen LogP contribution in [-0.4, -0.2) is 44.6 Å². The largest absolute Gasteiger partial charge is 0.414 e. The van der Waals surface area contributed by atoms with E-state index in [1.807, 2.05) is 0 Å². The Labute approximate surface area is 125 Å². The summed E-state index contributed by atoms with van der Waals surface area (Å²) in [7, 11) is 1.87. The van der Waals surface area contributed by atoms with Gasteiger partial charge < -0.3 is 9.47 Å². The molecular formula is C13H20F6O3. The summed E-state index contributed by atoms with van der Waals surface area (Å²) in [5, 5.41) is 0. The summed E-state index contributed by atoms with van der Waals surface area (Å²) >= 11 is 0. The minimum absolute atomic E-state index is 0.0240. The van der Waals surface area contributed by atoms with Crippen molar-refractivity contribution in [2.24, 2.45) is 0 Å². The summed E-state index contributed by atoms with van der Waals surface area (Å²) in [4.78, 5) is 11.4. The van der Waals surface area contributed by atoms with Crippen molar-refractivity contribution < 1.29 is 40.6 Å². The van der Waals surface area contributed by atoms with E-state index in [0.29, 0.717) is 0 Å². The van der Waals surface area contributed by atoms with Gasteiger partial charge in [0.05, 0.1) is 0 Å². The van der Waals surface area contributed by atoms with Crippen molar-refractivity contribution in [1.82, 2.24) is 0 Å². The maximum atomic E-state index is 12.4. The molecule has 0 saturated heterocycles. The maximum Gasteiger partial charge on any atom is 0.414 e. The lowest BCUT2D eigenvalue weighted by Crippen LogP contribution is -2.31. The first-order chi connectivity index (χ1) is 10.0. The number of Topliss-reactive ketones (excluding diaryl/α,β-unsaturated/α-hetero) is 1. The van der Waals surface area contributed by atoms with Crippen LogP contribution in [0.2, 0.25) is 0 Å². The average molecular weight is 338 g/mol. The number of halogens is 6. The number of alkyl halides is 6. The fourth-order valence-electron chi connectivity index (χ4n) is 1.92. The van der Waals surface area contributed by atoms with E-state index >= 15 is 0 Å². The predicted octanol–water partition coefficient (Wildman–Crippen LogP) is 4.05. The lowest BCUT2D eigenvalue weighted by Gasteiger charge is -2.18. The zero-order valence-electron chi connectivity index (χ0n) is 12.4. The first kappa shape index (κ1) is 21.2. The summed E-state index contributed by atoms with van der Waals surface area (Å²) < 4.78 is 82.7. The fraction of sp³-hybridized carbons (Fsp3) is 0.923. The monoisotopic (exact) mass is 338 g/mol. The summed E-state index contributed by atoms with van der Waals surface area (Å²) in [6.07, 6.45) is -13.8. The van der Waals surface area contributed by atoms with Gasteiger partial charge in [-0.25, -0.2) is 0 Å². The van der Waals surface area contributed by atoms with E-state index in [4.69, 9.17) is 0 Å².